The standard InChI is InChI=1S/C12H25NO3/c1-4-16-8-12(15)7-13-9(2)5-11(14)6-10(13)3/h9-12,14-15H,4-8H2,1-3H3. The lowest BCUT2D eigenvalue weighted by Crippen LogP contribution is -2.51. The Morgan fingerprint density at radius 2 is 1.88 bits per heavy atom. The molecule has 4 heteroatoms. The summed E-state index contributed by atoms with van der Waals surface area (Å²) in [6.07, 6.45) is 0.975. The number of ether oxygens (including phenoxy) is 1. The molecule has 0 spiro atoms. The van der Waals surface area contributed by atoms with Gasteiger partial charge in [-0.3, -0.25) is 4.90 Å². The van der Waals surface area contributed by atoms with E-state index in [-0.39, 0.29) is 6.10 Å². The third-order valence-corrected chi connectivity index (χ3v) is 3.29. The normalized spacial score (nSPS) is 33.9. The van der Waals surface area contributed by atoms with Gasteiger partial charge in [-0.25, -0.2) is 0 Å². The maximum atomic E-state index is 9.80. The van der Waals surface area contributed by atoms with Crippen LogP contribution in [0.5, 0.6) is 0 Å². The molecule has 1 fully saturated rings. The molecule has 1 aliphatic heterocycles. The summed E-state index contributed by atoms with van der Waals surface area (Å²) in [6.45, 7) is 7.80. The van der Waals surface area contributed by atoms with Crippen molar-refractivity contribution in [2.24, 2.45) is 0 Å². The molecule has 0 bridgehead atoms. The topological polar surface area (TPSA) is 52.9 Å². The Hall–Kier alpha value is -0.160. The molecule has 0 saturated carbocycles. The van der Waals surface area contributed by atoms with Crippen molar-refractivity contribution in [3.05, 3.63) is 0 Å². The maximum absolute atomic E-state index is 9.80. The van der Waals surface area contributed by atoms with Gasteiger partial charge in [0.1, 0.15) is 0 Å². The fraction of sp³-hybridized carbons (Fsp3) is 1.00. The van der Waals surface area contributed by atoms with Crippen LogP contribution >= 0.6 is 0 Å². The van der Waals surface area contributed by atoms with Gasteiger partial charge >= 0.3 is 0 Å². The van der Waals surface area contributed by atoms with Crippen LogP contribution in [0.1, 0.15) is 33.6 Å². The first-order chi connectivity index (χ1) is 7.54. The molecule has 3 unspecified atom stereocenters. The SMILES string of the molecule is CCOCC(O)CN1C(C)CC(O)CC1C. The molecular formula is C12H25NO3. The van der Waals surface area contributed by atoms with Crippen molar-refractivity contribution in [1.29, 1.82) is 0 Å². The summed E-state index contributed by atoms with van der Waals surface area (Å²) in [4.78, 5) is 2.26. The summed E-state index contributed by atoms with van der Waals surface area (Å²) in [6, 6.07) is 0.657. The van der Waals surface area contributed by atoms with Crippen LogP contribution in [-0.4, -0.2) is 59.2 Å². The number of rotatable bonds is 5. The van der Waals surface area contributed by atoms with E-state index in [0.717, 1.165) is 12.8 Å². The highest BCUT2D eigenvalue weighted by molar-refractivity contribution is 4.85. The largest absolute Gasteiger partial charge is 0.393 e. The van der Waals surface area contributed by atoms with E-state index in [1.54, 1.807) is 0 Å². The smallest absolute Gasteiger partial charge is 0.0900 e. The number of β-amino-alcohol motifs (C(OH)–C–C–N with tert-alkyl or cyclic N) is 1. The number of piperidine rings is 1. The summed E-state index contributed by atoms with van der Waals surface area (Å²) < 4.78 is 5.20. The molecule has 96 valence electrons. The Labute approximate surface area is 98.2 Å². The van der Waals surface area contributed by atoms with E-state index in [9.17, 15) is 10.2 Å². The molecule has 4 nitrogen and oxygen atoms in total. The molecule has 0 amide bonds. The number of hydrogen-bond donors (Lipinski definition) is 2. The fourth-order valence-electron chi connectivity index (χ4n) is 2.50. The summed E-state index contributed by atoms with van der Waals surface area (Å²) in [7, 11) is 0. The van der Waals surface area contributed by atoms with Crippen LogP contribution in [0.15, 0.2) is 0 Å². The first-order valence-electron chi connectivity index (χ1n) is 6.24. The van der Waals surface area contributed by atoms with Crippen molar-refractivity contribution < 1.29 is 14.9 Å². The second kappa shape index (κ2) is 6.55. The lowest BCUT2D eigenvalue weighted by molar-refractivity contribution is -0.0321. The van der Waals surface area contributed by atoms with Gasteiger partial charge in [-0.15, -0.1) is 0 Å². The Balaban J connectivity index is 2.39. The highest BCUT2D eigenvalue weighted by Gasteiger charge is 2.30. The maximum Gasteiger partial charge on any atom is 0.0900 e. The van der Waals surface area contributed by atoms with Crippen LogP contribution in [0.25, 0.3) is 0 Å². The van der Waals surface area contributed by atoms with E-state index in [1.165, 1.54) is 0 Å². The first kappa shape index (κ1) is 13.9. The minimum Gasteiger partial charge on any atom is -0.393 e. The van der Waals surface area contributed by atoms with Gasteiger partial charge in [-0.1, -0.05) is 0 Å². The molecule has 2 N–H and O–H groups in total. The van der Waals surface area contributed by atoms with Crippen molar-refractivity contribution in [2.45, 2.75) is 57.9 Å². The number of likely N-dealkylation sites (tertiary alicyclic amines) is 1. The molecular weight excluding hydrogens is 206 g/mol. The molecule has 1 rings (SSSR count). The molecule has 16 heavy (non-hydrogen) atoms. The van der Waals surface area contributed by atoms with Crippen molar-refractivity contribution in [2.75, 3.05) is 19.8 Å². The zero-order valence-electron chi connectivity index (χ0n) is 10.6. The lowest BCUT2D eigenvalue weighted by Gasteiger charge is -2.42. The number of aliphatic hydroxyl groups excluding tert-OH is 2. The van der Waals surface area contributed by atoms with E-state index in [4.69, 9.17) is 4.74 Å². The van der Waals surface area contributed by atoms with Crippen LogP contribution in [0.4, 0.5) is 0 Å². The van der Waals surface area contributed by atoms with E-state index < -0.39 is 6.10 Å². The minimum atomic E-state index is -0.430. The van der Waals surface area contributed by atoms with Crippen LogP contribution in [-0.2, 0) is 4.74 Å². The van der Waals surface area contributed by atoms with Gasteiger partial charge in [0.2, 0.25) is 0 Å². The second-order valence-corrected chi connectivity index (χ2v) is 4.83. The highest BCUT2D eigenvalue weighted by Crippen LogP contribution is 2.23. The predicted octanol–water partition coefficient (Wildman–Crippen LogP) is 0.617. The van der Waals surface area contributed by atoms with E-state index in [1.807, 2.05) is 6.92 Å². The monoisotopic (exact) mass is 231 g/mol. The van der Waals surface area contributed by atoms with Gasteiger partial charge in [0.05, 0.1) is 18.8 Å². The third-order valence-electron chi connectivity index (χ3n) is 3.29. The molecule has 1 heterocycles. The van der Waals surface area contributed by atoms with Crippen molar-refractivity contribution in [3.8, 4) is 0 Å². The number of nitrogens with zero attached hydrogens (tertiary/aromatic N) is 1. The quantitative estimate of drug-likeness (QED) is 0.728. The van der Waals surface area contributed by atoms with Crippen molar-refractivity contribution in [3.63, 3.8) is 0 Å². The van der Waals surface area contributed by atoms with Gasteiger partial charge in [-0.05, 0) is 33.6 Å². The molecule has 1 saturated heterocycles. The van der Waals surface area contributed by atoms with Gasteiger partial charge in [0.15, 0.2) is 0 Å². The van der Waals surface area contributed by atoms with Gasteiger partial charge in [0.25, 0.3) is 0 Å². The van der Waals surface area contributed by atoms with Crippen LogP contribution in [0.2, 0.25) is 0 Å². The van der Waals surface area contributed by atoms with Gasteiger partial charge < -0.3 is 14.9 Å². The number of aliphatic hydroxyl groups is 2. The first-order valence-corrected chi connectivity index (χ1v) is 6.24. The summed E-state index contributed by atoms with van der Waals surface area (Å²) in [5, 5.41) is 19.4. The van der Waals surface area contributed by atoms with Crippen molar-refractivity contribution >= 4 is 0 Å². The molecule has 3 atom stereocenters. The Bertz CT molecular complexity index is 189. The zero-order chi connectivity index (χ0) is 12.1. The molecule has 1 aliphatic rings. The summed E-state index contributed by atoms with van der Waals surface area (Å²) >= 11 is 0. The zero-order valence-corrected chi connectivity index (χ0v) is 10.6. The molecule has 0 aliphatic carbocycles. The molecule has 0 aromatic carbocycles. The third kappa shape index (κ3) is 4.01. The average Bonchev–Trinajstić information content (AvgIpc) is 2.20. The van der Waals surface area contributed by atoms with E-state index in [0.29, 0.717) is 31.8 Å². The minimum absolute atomic E-state index is 0.190. The van der Waals surface area contributed by atoms with Crippen LogP contribution < -0.4 is 0 Å². The molecule has 0 aromatic heterocycles. The fourth-order valence-corrected chi connectivity index (χ4v) is 2.50. The highest BCUT2D eigenvalue weighted by atomic mass is 16.5. The summed E-state index contributed by atoms with van der Waals surface area (Å²) in [5.74, 6) is 0. The van der Waals surface area contributed by atoms with Crippen LogP contribution in [0, 0.1) is 0 Å². The Kier molecular flexibility index (Phi) is 5.69. The second-order valence-electron chi connectivity index (χ2n) is 4.83. The lowest BCUT2D eigenvalue weighted by atomic mass is 9.94. The van der Waals surface area contributed by atoms with E-state index in [2.05, 4.69) is 18.7 Å². The van der Waals surface area contributed by atoms with Gasteiger partial charge in [-0.2, -0.15) is 0 Å². The average molecular weight is 231 g/mol. The Morgan fingerprint density at radius 3 is 2.38 bits per heavy atom. The van der Waals surface area contributed by atoms with Gasteiger partial charge in [0, 0.05) is 25.2 Å². The summed E-state index contributed by atoms with van der Waals surface area (Å²) in [5.41, 5.74) is 0. The predicted molar refractivity (Wildman–Crippen MR) is 63.4 cm³/mol. The molecule has 0 radical (unpaired) electrons. The van der Waals surface area contributed by atoms with Crippen molar-refractivity contribution in [1.82, 2.24) is 4.90 Å². The molecule has 0 aromatic rings. The van der Waals surface area contributed by atoms with E-state index >= 15 is 0 Å². The number of hydrogen-bond acceptors (Lipinski definition) is 4. The van der Waals surface area contributed by atoms with Crippen LogP contribution in [0.3, 0.4) is 0 Å². The Morgan fingerprint density at radius 1 is 1.31 bits per heavy atom.